The van der Waals surface area contributed by atoms with Crippen molar-refractivity contribution in [1.29, 1.82) is 0 Å². The van der Waals surface area contributed by atoms with Gasteiger partial charge in [-0.3, -0.25) is 9.59 Å². The molecule has 2 amide bonds. The quantitative estimate of drug-likeness (QED) is 0.603. The van der Waals surface area contributed by atoms with Crippen LogP contribution in [0.2, 0.25) is 0 Å². The Morgan fingerprint density at radius 1 is 0.929 bits per heavy atom. The largest absolute Gasteiger partial charge is 0.366 e. The zero-order valence-corrected chi connectivity index (χ0v) is 15.8. The number of aryl methyl sites for hydroxylation is 1. The Morgan fingerprint density at radius 2 is 1.61 bits per heavy atom. The van der Waals surface area contributed by atoms with Crippen molar-refractivity contribution in [3.63, 3.8) is 0 Å². The summed E-state index contributed by atoms with van der Waals surface area (Å²) in [5.74, 6) is 0.268. The van der Waals surface area contributed by atoms with Gasteiger partial charge >= 0.3 is 0 Å². The van der Waals surface area contributed by atoms with Crippen LogP contribution < -0.4 is 16.0 Å². The van der Waals surface area contributed by atoms with Crippen molar-refractivity contribution in [2.24, 2.45) is 0 Å². The summed E-state index contributed by atoms with van der Waals surface area (Å²) < 4.78 is 0. The molecule has 0 saturated carbocycles. The zero-order chi connectivity index (χ0) is 19.9. The Morgan fingerprint density at radius 3 is 2.29 bits per heavy atom. The number of hydrogen-bond donors (Lipinski definition) is 3. The van der Waals surface area contributed by atoms with Gasteiger partial charge in [0.05, 0.1) is 0 Å². The summed E-state index contributed by atoms with van der Waals surface area (Å²) in [7, 11) is 0. The van der Waals surface area contributed by atoms with Gasteiger partial charge in [-0.05, 0) is 54.4 Å². The fraction of sp³-hybridized carbons (Fsp3) is 0.136. The summed E-state index contributed by atoms with van der Waals surface area (Å²) in [6, 6.07) is 18.5. The number of carbonyl (C=O) groups is 2. The van der Waals surface area contributed by atoms with Crippen LogP contribution in [0.5, 0.6) is 0 Å². The molecule has 3 aromatic rings. The van der Waals surface area contributed by atoms with E-state index in [-0.39, 0.29) is 11.8 Å². The van der Waals surface area contributed by atoms with Crippen molar-refractivity contribution in [1.82, 2.24) is 4.98 Å². The van der Waals surface area contributed by atoms with E-state index in [1.807, 2.05) is 12.1 Å². The molecule has 0 aliphatic rings. The van der Waals surface area contributed by atoms with Gasteiger partial charge in [-0.15, -0.1) is 0 Å². The van der Waals surface area contributed by atoms with Crippen LogP contribution in [0.3, 0.4) is 0 Å². The normalized spacial score (nSPS) is 10.2. The lowest BCUT2D eigenvalue weighted by atomic mass is 10.1. The van der Waals surface area contributed by atoms with Crippen LogP contribution in [0.25, 0.3) is 0 Å². The highest BCUT2D eigenvalue weighted by molar-refractivity contribution is 6.04. The standard InChI is InChI=1S/C22H22N4O2/c1-15-5-3-4-6-18(15)14-24-21-13-17(11-12-23-21)22(28)26-20-9-7-19(8-10-20)25-16(2)27/h3-13H,14H2,1-2H3,(H,23,24)(H,25,27)(H,26,28). The molecular weight excluding hydrogens is 352 g/mol. The van der Waals surface area contributed by atoms with E-state index in [0.29, 0.717) is 29.3 Å². The molecule has 0 unspecified atom stereocenters. The van der Waals surface area contributed by atoms with Gasteiger partial charge < -0.3 is 16.0 Å². The predicted octanol–water partition coefficient (Wildman–Crippen LogP) is 4.21. The van der Waals surface area contributed by atoms with Crippen LogP contribution in [0.1, 0.15) is 28.4 Å². The molecule has 0 fully saturated rings. The van der Waals surface area contributed by atoms with Gasteiger partial charge in [-0.2, -0.15) is 0 Å². The van der Waals surface area contributed by atoms with Gasteiger partial charge in [-0.1, -0.05) is 24.3 Å². The molecule has 0 spiro atoms. The number of nitrogens with one attached hydrogen (secondary N) is 3. The maximum Gasteiger partial charge on any atom is 0.255 e. The summed E-state index contributed by atoms with van der Waals surface area (Å²) >= 11 is 0. The second kappa shape index (κ2) is 8.81. The Labute approximate surface area is 164 Å². The fourth-order valence-corrected chi connectivity index (χ4v) is 2.71. The zero-order valence-electron chi connectivity index (χ0n) is 15.8. The Bertz CT molecular complexity index is 984. The molecule has 0 atom stereocenters. The van der Waals surface area contributed by atoms with E-state index < -0.39 is 0 Å². The van der Waals surface area contributed by atoms with Gasteiger partial charge in [0.2, 0.25) is 5.91 Å². The number of carbonyl (C=O) groups excluding carboxylic acids is 2. The third-order valence-corrected chi connectivity index (χ3v) is 4.21. The fourth-order valence-electron chi connectivity index (χ4n) is 2.71. The van der Waals surface area contributed by atoms with E-state index in [4.69, 9.17) is 0 Å². The average molecular weight is 374 g/mol. The van der Waals surface area contributed by atoms with Crippen molar-refractivity contribution in [3.8, 4) is 0 Å². The molecule has 2 aromatic carbocycles. The number of anilines is 3. The minimum atomic E-state index is -0.228. The lowest BCUT2D eigenvalue weighted by Gasteiger charge is -2.10. The maximum atomic E-state index is 12.5. The Kier molecular flexibility index (Phi) is 6.01. The monoisotopic (exact) mass is 374 g/mol. The smallest absolute Gasteiger partial charge is 0.255 e. The number of amides is 2. The van der Waals surface area contributed by atoms with E-state index in [0.717, 1.165) is 0 Å². The van der Waals surface area contributed by atoms with E-state index in [1.165, 1.54) is 18.1 Å². The van der Waals surface area contributed by atoms with Gasteiger partial charge in [0.15, 0.2) is 0 Å². The molecule has 1 heterocycles. The number of nitrogens with zero attached hydrogens (tertiary/aromatic N) is 1. The average Bonchev–Trinajstić information content (AvgIpc) is 2.69. The van der Waals surface area contributed by atoms with Gasteiger partial charge in [0.1, 0.15) is 5.82 Å². The number of pyridine rings is 1. The molecule has 0 aliphatic carbocycles. The van der Waals surface area contributed by atoms with Gasteiger partial charge in [0, 0.05) is 36.6 Å². The highest BCUT2D eigenvalue weighted by Gasteiger charge is 2.08. The van der Waals surface area contributed by atoms with E-state index in [1.54, 1.807) is 42.6 Å². The first-order valence-electron chi connectivity index (χ1n) is 8.95. The molecule has 0 bridgehead atoms. The van der Waals surface area contributed by atoms with Crippen LogP contribution in [0, 0.1) is 6.92 Å². The summed E-state index contributed by atoms with van der Waals surface area (Å²) in [6.07, 6.45) is 1.61. The summed E-state index contributed by atoms with van der Waals surface area (Å²) in [5, 5.41) is 8.78. The van der Waals surface area contributed by atoms with Crippen molar-refractivity contribution in [2.75, 3.05) is 16.0 Å². The molecule has 6 nitrogen and oxygen atoms in total. The van der Waals surface area contributed by atoms with E-state index >= 15 is 0 Å². The number of benzene rings is 2. The SMILES string of the molecule is CC(=O)Nc1ccc(NC(=O)c2ccnc(NCc3ccccc3C)c2)cc1. The third-order valence-electron chi connectivity index (χ3n) is 4.21. The molecule has 0 saturated heterocycles. The highest BCUT2D eigenvalue weighted by atomic mass is 16.2. The number of aromatic nitrogens is 1. The first kappa shape index (κ1) is 19.1. The highest BCUT2D eigenvalue weighted by Crippen LogP contribution is 2.16. The Hall–Kier alpha value is -3.67. The van der Waals surface area contributed by atoms with Crippen molar-refractivity contribution >= 4 is 29.0 Å². The lowest BCUT2D eigenvalue weighted by Crippen LogP contribution is -2.13. The Balaban J connectivity index is 1.63. The molecule has 0 aliphatic heterocycles. The van der Waals surface area contributed by atoms with Crippen molar-refractivity contribution < 1.29 is 9.59 Å². The molecular formula is C22H22N4O2. The van der Waals surface area contributed by atoms with Crippen LogP contribution in [-0.2, 0) is 11.3 Å². The van der Waals surface area contributed by atoms with E-state index in [9.17, 15) is 9.59 Å². The van der Waals surface area contributed by atoms with Crippen molar-refractivity contribution in [2.45, 2.75) is 20.4 Å². The van der Waals surface area contributed by atoms with Crippen LogP contribution in [-0.4, -0.2) is 16.8 Å². The first-order chi connectivity index (χ1) is 13.5. The predicted molar refractivity (Wildman–Crippen MR) is 111 cm³/mol. The molecule has 3 N–H and O–H groups in total. The summed E-state index contributed by atoms with van der Waals surface area (Å²) in [6.45, 7) is 4.14. The van der Waals surface area contributed by atoms with Gasteiger partial charge in [0.25, 0.3) is 5.91 Å². The van der Waals surface area contributed by atoms with Crippen molar-refractivity contribution in [3.05, 3.63) is 83.6 Å². The molecule has 3 rings (SSSR count). The minimum Gasteiger partial charge on any atom is -0.366 e. The molecule has 0 radical (unpaired) electrons. The van der Waals surface area contributed by atoms with Crippen LogP contribution >= 0.6 is 0 Å². The molecule has 28 heavy (non-hydrogen) atoms. The first-order valence-corrected chi connectivity index (χ1v) is 8.95. The maximum absolute atomic E-state index is 12.5. The van der Waals surface area contributed by atoms with Crippen LogP contribution in [0.4, 0.5) is 17.2 Å². The molecule has 142 valence electrons. The second-order valence-electron chi connectivity index (χ2n) is 6.42. The topological polar surface area (TPSA) is 83.1 Å². The number of hydrogen-bond acceptors (Lipinski definition) is 4. The van der Waals surface area contributed by atoms with Gasteiger partial charge in [-0.25, -0.2) is 4.98 Å². The second-order valence-corrected chi connectivity index (χ2v) is 6.42. The number of rotatable bonds is 6. The summed E-state index contributed by atoms with van der Waals surface area (Å²) in [4.78, 5) is 27.9. The third kappa shape index (κ3) is 5.17. The molecule has 6 heteroatoms. The van der Waals surface area contributed by atoms with Crippen LogP contribution in [0.15, 0.2) is 66.9 Å². The lowest BCUT2D eigenvalue weighted by molar-refractivity contribution is -0.114. The summed E-state index contributed by atoms with van der Waals surface area (Å²) in [5.41, 5.74) is 4.21. The minimum absolute atomic E-state index is 0.140. The molecule has 1 aromatic heterocycles. The van der Waals surface area contributed by atoms with E-state index in [2.05, 4.69) is 40.0 Å².